The Hall–Kier alpha value is -0.910. The molecule has 0 radical (unpaired) electrons. The summed E-state index contributed by atoms with van der Waals surface area (Å²) in [4.78, 5) is 11.3. The number of halogens is 4. The van der Waals surface area contributed by atoms with Crippen molar-refractivity contribution in [2.24, 2.45) is 0 Å². The lowest BCUT2D eigenvalue weighted by Crippen LogP contribution is -2.09. The molecule has 0 aliphatic rings. The van der Waals surface area contributed by atoms with Gasteiger partial charge >= 0.3 is 0 Å². The van der Waals surface area contributed by atoms with Crippen LogP contribution in [-0.4, -0.2) is 21.1 Å². The van der Waals surface area contributed by atoms with E-state index in [0.717, 1.165) is 0 Å². The third kappa shape index (κ3) is 2.43. The molecule has 0 aromatic carbocycles. The summed E-state index contributed by atoms with van der Waals surface area (Å²) in [6.07, 6.45) is -0.186. The number of fused-ring (bicyclic) bond motifs is 1. The molecular weight excluding hydrogens is 303 g/mol. The highest BCUT2D eigenvalue weighted by Gasteiger charge is 2.20. The second-order valence-electron chi connectivity index (χ2n) is 3.70. The number of ether oxygens (including phenoxy) is 1. The van der Waals surface area contributed by atoms with Gasteiger partial charge in [-0.15, -0.1) is 0 Å². The molecule has 0 saturated carbocycles. The van der Waals surface area contributed by atoms with E-state index in [1.165, 1.54) is 0 Å². The third-order valence-corrected chi connectivity index (χ3v) is 2.68. The molecule has 0 bridgehead atoms. The summed E-state index contributed by atoms with van der Waals surface area (Å²) in [5.41, 5.74) is -0.115. The van der Waals surface area contributed by atoms with Gasteiger partial charge in [0.15, 0.2) is 11.0 Å². The summed E-state index contributed by atoms with van der Waals surface area (Å²) >= 11 is 17.2. The summed E-state index contributed by atoms with van der Waals surface area (Å²) in [5.74, 6) is -0.734. The van der Waals surface area contributed by atoms with Crippen LogP contribution < -0.4 is 4.74 Å². The first kappa shape index (κ1) is 13.5. The Kier molecular flexibility index (Phi) is 3.75. The molecule has 0 saturated heterocycles. The molecule has 18 heavy (non-hydrogen) atoms. The zero-order valence-corrected chi connectivity index (χ0v) is 11.6. The summed E-state index contributed by atoms with van der Waals surface area (Å²) in [6.45, 7) is 3.57. The van der Waals surface area contributed by atoms with Crippen molar-refractivity contribution in [2.75, 3.05) is 0 Å². The van der Waals surface area contributed by atoms with E-state index < -0.39 is 5.82 Å². The van der Waals surface area contributed by atoms with E-state index in [1.54, 1.807) is 13.8 Å². The molecule has 0 unspecified atom stereocenters. The number of hydrogen-bond acceptors (Lipinski definition) is 4. The van der Waals surface area contributed by atoms with Crippen LogP contribution >= 0.6 is 34.8 Å². The largest absolute Gasteiger partial charge is 0.474 e. The standard InChI is InChI=1S/C10H7Cl3FN3O/c1-3(2)18-9-4-6(5(14)8(12)16-9)15-10(13)17-7(4)11/h3H,1-2H3. The van der Waals surface area contributed by atoms with Crippen LogP contribution in [0.25, 0.3) is 10.9 Å². The lowest BCUT2D eigenvalue weighted by Gasteiger charge is -2.12. The number of nitrogens with zero attached hydrogens (tertiary/aromatic N) is 3. The molecule has 4 nitrogen and oxygen atoms in total. The average molecular weight is 311 g/mol. The van der Waals surface area contributed by atoms with Crippen LogP contribution in [0, 0.1) is 5.82 Å². The summed E-state index contributed by atoms with van der Waals surface area (Å²) in [6, 6.07) is 0. The van der Waals surface area contributed by atoms with Crippen molar-refractivity contribution in [3.8, 4) is 5.88 Å². The number of hydrogen-bond donors (Lipinski definition) is 0. The van der Waals surface area contributed by atoms with Crippen LogP contribution in [0.15, 0.2) is 0 Å². The highest BCUT2D eigenvalue weighted by Crippen LogP contribution is 2.34. The van der Waals surface area contributed by atoms with Crippen molar-refractivity contribution in [2.45, 2.75) is 20.0 Å². The summed E-state index contributed by atoms with van der Waals surface area (Å²) in [7, 11) is 0. The monoisotopic (exact) mass is 309 g/mol. The van der Waals surface area contributed by atoms with E-state index >= 15 is 0 Å². The van der Waals surface area contributed by atoms with Gasteiger partial charge in [0, 0.05) is 0 Å². The van der Waals surface area contributed by atoms with Crippen LogP contribution in [0.3, 0.4) is 0 Å². The molecule has 0 amide bonds. The Morgan fingerprint density at radius 1 is 1.06 bits per heavy atom. The van der Waals surface area contributed by atoms with E-state index in [0.29, 0.717) is 0 Å². The molecule has 0 fully saturated rings. The molecule has 2 rings (SSSR count). The average Bonchev–Trinajstić information content (AvgIpc) is 2.23. The first-order valence-electron chi connectivity index (χ1n) is 4.94. The van der Waals surface area contributed by atoms with Crippen molar-refractivity contribution >= 4 is 45.7 Å². The SMILES string of the molecule is CC(C)Oc1nc(Cl)c(F)c2nc(Cl)nc(Cl)c12. The first-order chi connectivity index (χ1) is 8.40. The molecular formula is C10H7Cl3FN3O. The van der Waals surface area contributed by atoms with E-state index in [1.807, 2.05) is 0 Å². The van der Waals surface area contributed by atoms with Crippen LogP contribution in [0.4, 0.5) is 4.39 Å². The van der Waals surface area contributed by atoms with Crippen molar-refractivity contribution in [1.29, 1.82) is 0 Å². The molecule has 2 aromatic rings. The third-order valence-electron chi connectivity index (χ3n) is 1.99. The fourth-order valence-electron chi connectivity index (χ4n) is 1.36. The second-order valence-corrected chi connectivity index (χ2v) is 4.75. The van der Waals surface area contributed by atoms with Crippen LogP contribution in [0.5, 0.6) is 5.88 Å². The summed E-state index contributed by atoms with van der Waals surface area (Å²) in [5, 5.41) is -0.423. The fraction of sp³-hybridized carbons (Fsp3) is 0.300. The maximum atomic E-state index is 13.8. The van der Waals surface area contributed by atoms with Crippen molar-refractivity contribution in [3.05, 3.63) is 21.4 Å². The molecule has 0 spiro atoms. The lowest BCUT2D eigenvalue weighted by molar-refractivity contribution is 0.235. The van der Waals surface area contributed by atoms with Crippen LogP contribution in [-0.2, 0) is 0 Å². The van der Waals surface area contributed by atoms with Crippen LogP contribution in [0.2, 0.25) is 15.6 Å². The Morgan fingerprint density at radius 3 is 2.33 bits per heavy atom. The van der Waals surface area contributed by atoms with Gasteiger partial charge in [-0.05, 0) is 25.4 Å². The highest BCUT2D eigenvalue weighted by atomic mass is 35.5. The van der Waals surface area contributed by atoms with Gasteiger partial charge in [0.1, 0.15) is 16.1 Å². The van der Waals surface area contributed by atoms with Gasteiger partial charge in [-0.25, -0.2) is 14.4 Å². The van der Waals surface area contributed by atoms with Crippen LogP contribution in [0.1, 0.15) is 13.8 Å². The summed E-state index contributed by atoms with van der Waals surface area (Å²) < 4.78 is 19.2. The Balaban J connectivity index is 2.83. The van der Waals surface area contributed by atoms with E-state index in [9.17, 15) is 4.39 Å². The second kappa shape index (κ2) is 4.99. The maximum absolute atomic E-state index is 13.8. The highest BCUT2D eigenvalue weighted by molar-refractivity contribution is 6.36. The number of rotatable bonds is 2. The predicted octanol–water partition coefficient (Wildman–Crippen LogP) is 3.91. The molecule has 0 aliphatic carbocycles. The van der Waals surface area contributed by atoms with E-state index in [2.05, 4.69) is 15.0 Å². The Labute approximate surface area is 117 Å². The van der Waals surface area contributed by atoms with Gasteiger partial charge in [-0.1, -0.05) is 23.2 Å². The van der Waals surface area contributed by atoms with Gasteiger partial charge < -0.3 is 4.74 Å². The smallest absolute Gasteiger partial charge is 0.228 e. The van der Waals surface area contributed by atoms with E-state index in [-0.39, 0.29) is 38.5 Å². The zero-order chi connectivity index (χ0) is 13.4. The molecule has 0 atom stereocenters. The minimum Gasteiger partial charge on any atom is -0.474 e. The van der Waals surface area contributed by atoms with Crippen molar-refractivity contribution < 1.29 is 9.13 Å². The van der Waals surface area contributed by atoms with Gasteiger partial charge in [0.25, 0.3) is 0 Å². The maximum Gasteiger partial charge on any atom is 0.228 e. The number of aromatic nitrogens is 3. The molecule has 0 aliphatic heterocycles. The molecule has 96 valence electrons. The van der Waals surface area contributed by atoms with Gasteiger partial charge in [-0.3, -0.25) is 0 Å². The van der Waals surface area contributed by atoms with Crippen molar-refractivity contribution in [1.82, 2.24) is 15.0 Å². The normalized spacial score (nSPS) is 11.3. The Bertz CT molecular complexity index is 621. The predicted molar refractivity (Wildman–Crippen MR) is 68.1 cm³/mol. The lowest BCUT2D eigenvalue weighted by atomic mass is 10.3. The molecule has 2 heterocycles. The minimum absolute atomic E-state index is 0.0382. The van der Waals surface area contributed by atoms with Gasteiger partial charge in [0.2, 0.25) is 11.2 Å². The number of pyridine rings is 1. The Morgan fingerprint density at radius 2 is 1.72 bits per heavy atom. The first-order valence-corrected chi connectivity index (χ1v) is 6.08. The van der Waals surface area contributed by atoms with Gasteiger partial charge in [0.05, 0.1) is 6.10 Å². The topological polar surface area (TPSA) is 47.9 Å². The zero-order valence-electron chi connectivity index (χ0n) is 9.34. The van der Waals surface area contributed by atoms with Crippen molar-refractivity contribution in [3.63, 3.8) is 0 Å². The molecule has 0 N–H and O–H groups in total. The quantitative estimate of drug-likeness (QED) is 0.479. The molecule has 8 heteroatoms. The van der Waals surface area contributed by atoms with Gasteiger partial charge in [-0.2, -0.15) is 4.98 Å². The fourth-order valence-corrected chi connectivity index (χ4v) is 1.99. The van der Waals surface area contributed by atoms with E-state index in [4.69, 9.17) is 39.5 Å². The minimum atomic E-state index is -0.811. The molecule has 2 aromatic heterocycles.